The van der Waals surface area contributed by atoms with Crippen molar-refractivity contribution in [2.75, 3.05) is 12.4 Å². The van der Waals surface area contributed by atoms with Crippen LogP contribution in [0.2, 0.25) is 0 Å². The number of carbonyl (C=O) groups excluding carboxylic acids is 2. The fraction of sp³-hybridized carbons (Fsp3) is 0.600. The summed E-state index contributed by atoms with van der Waals surface area (Å²) in [5.41, 5.74) is -0.730. The van der Waals surface area contributed by atoms with Crippen molar-refractivity contribution in [2.45, 2.75) is 24.8 Å². The molecule has 0 aliphatic carbocycles. The van der Waals surface area contributed by atoms with Gasteiger partial charge < -0.3 is 10.2 Å². The van der Waals surface area contributed by atoms with Gasteiger partial charge in [-0.1, -0.05) is 6.08 Å². The van der Waals surface area contributed by atoms with E-state index in [1.807, 2.05) is 0 Å². The molecular weight excluding hydrogens is 212 g/mol. The molecule has 4 nitrogen and oxygen atoms in total. The molecule has 15 heavy (non-hydrogen) atoms. The first-order valence-electron chi connectivity index (χ1n) is 4.93. The Kier molecular flexibility index (Phi) is 4.20. The molecule has 1 fully saturated rings. The number of rotatable bonds is 5. The molecule has 0 spiro atoms. The van der Waals surface area contributed by atoms with Crippen molar-refractivity contribution in [3.05, 3.63) is 12.7 Å². The molecular formula is C10H16N2O2S. The number of likely N-dealkylation sites (tertiary alicyclic amines) is 1. The van der Waals surface area contributed by atoms with Gasteiger partial charge in [0.2, 0.25) is 12.3 Å². The molecule has 1 atom stereocenters. The number of amides is 2. The summed E-state index contributed by atoms with van der Waals surface area (Å²) in [5, 5.41) is 2.65. The van der Waals surface area contributed by atoms with Gasteiger partial charge in [-0.2, -0.15) is 12.6 Å². The van der Waals surface area contributed by atoms with Crippen molar-refractivity contribution in [3.8, 4) is 0 Å². The lowest BCUT2D eigenvalue weighted by atomic mass is 9.91. The largest absolute Gasteiger partial charge is 0.345 e. The van der Waals surface area contributed by atoms with Crippen LogP contribution in [0.15, 0.2) is 12.7 Å². The van der Waals surface area contributed by atoms with Crippen LogP contribution in [0.1, 0.15) is 19.3 Å². The normalized spacial score (nSPS) is 25.0. The van der Waals surface area contributed by atoms with E-state index in [4.69, 9.17) is 0 Å². The van der Waals surface area contributed by atoms with Crippen molar-refractivity contribution >= 4 is 24.9 Å². The fourth-order valence-corrected chi connectivity index (χ4v) is 2.23. The predicted molar refractivity (Wildman–Crippen MR) is 61.5 cm³/mol. The highest BCUT2D eigenvalue weighted by Crippen LogP contribution is 2.31. The van der Waals surface area contributed by atoms with Gasteiger partial charge in [0.15, 0.2) is 0 Å². The molecule has 0 aromatic rings. The lowest BCUT2D eigenvalue weighted by molar-refractivity contribution is -0.137. The van der Waals surface area contributed by atoms with Crippen LogP contribution < -0.4 is 5.32 Å². The summed E-state index contributed by atoms with van der Waals surface area (Å²) in [6, 6.07) is 0. The van der Waals surface area contributed by atoms with Crippen LogP contribution in [-0.4, -0.2) is 35.2 Å². The third-order valence-electron chi connectivity index (χ3n) is 2.81. The van der Waals surface area contributed by atoms with Gasteiger partial charge in [0.25, 0.3) is 0 Å². The van der Waals surface area contributed by atoms with E-state index >= 15 is 0 Å². The average Bonchev–Trinajstić information content (AvgIpc) is 2.63. The van der Waals surface area contributed by atoms with Crippen LogP contribution in [0.3, 0.4) is 0 Å². The highest BCUT2D eigenvalue weighted by atomic mass is 32.1. The second-order valence-corrected chi connectivity index (χ2v) is 3.91. The van der Waals surface area contributed by atoms with Gasteiger partial charge in [0, 0.05) is 6.54 Å². The molecule has 0 radical (unpaired) electrons. The molecule has 1 saturated heterocycles. The van der Waals surface area contributed by atoms with E-state index in [9.17, 15) is 9.59 Å². The van der Waals surface area contributed by atoms with Crippen molar-refractivity contribution in [3.63, 3.8) is 0 Å². The zero-order chi connectivity index (χ0) is 11.3. The number of hydrogen-bond donors (Lipinski definition) is 2. The summed E-state index contributed by atoms with van der Waals surface area (Å²) in [6.07, 6.45) is 4.46. The van der Waals surface area contributed by atoms with Crippen molar-refractivity contribution < 1.29 is 9.59 Å². The van der Waals surface area contributed by atoms with E-state index in [0.29, 0.717) is 19.4 Å². The maximum atomic E-state index is 11.9. The summed E-state index contributed by atoms with van der Waals surface area (Å²) < 4.78 is 0. The molecule has 2 amide bonds. The number of nitrogens with zero attached hydrogens (tertiary/aromatic N) is 1. The summed E-state index contributed by atoms with van der Waals surface area (Å²) in [4.78, 5) is 24.4. The molecule has 1 aliphatic heterocycles. The topological polar surface area (TPSA) is 49.4 Å². The van der Waals surface area contributed by atoms with E-state index in [0.717, 1.165) is 12.8 Å². The first kappa shape index (κ1) is 12.1. The predicted octanol–water partition coefficient (Wildman–Crippen LogP) is 0.557. The summed E-state index contributed by atoms with van der Waals surface area (Å²) in [6.45, 7) is 4.28. The Balaban J connectivity index is 2.90. The van der Waals surface area contributed by atoms with Crippen molar-refractivity contribution in [1.82, 2.24) is 10.2 Å². The Bertz CT molecular complexity index is 270. The van der Waals surface area contributed by atoms with Crippen LogP contribution in [0.5, 0.6) is 0 Å². The molecule has 1 N–H and O–H groups in total. The summed E-state index contributed by atoms with van der Waals surface area (Å²) >= 11 is 3.95. The Morgan fingerprint density at radius 2 is 2.40 bits per heavy atom. The number of nitrogens with one attached hydrogen (secondary N) is 1. The first-order valence-corrected chi connectivity index (χ1v) is 5.56. The highest BCUT2D eigenvalue weighted by molar-refractivity contribution is 7.80. The first-order chi connectivity index (χ1) is 7.21. The van der Waals surface area contributed by atoms with E-state index < -0.39 is 5.54 Å². The zero-order valence-electron chi connectivity index (χ0n) is 8.61. The van der Waals surface area contributed by atoms with E-state index in [-0.39, 0.29) is 11.8 Å². The molecule has 84 valence electrons. The Morgan fingerprint density at radius 1 is 1.67 bits per heavy atom. The SMILES string of the molecule is C=CCC1(C(=O)NCS)CCCN1C=O. The highest BCUT2D eigenvalue weighted by Gasteiger charge is 2.45. The number of hydrogen-bond acceptors (Lipinski definition) is 3. The van der Waals surface area contributed by atoms with Gasteiger partial charge in [-0.25, -0.2) is 0 Å². The number of thiol groups is 1. The third-order valence-corrected chi connectivity index (χ3v) is 2.97. The van der Waals surface area contributed by atoms with Gasteiger partial charge >= 0.3 is 0 Å². The second kappa shape index (κ2) is 5.21. The molecule has 0 bridgehead atoms. The van der Waals surface area contributed by atoms with Crippen LogP contribution in [-0.2, 0) is 9.59 Å². The van der Waals surface area contributed by atoms with Crippen LogP contribution in [0.4, 0.5) is 0 Å². The molecule has 1 heterocycles. The molecule has 0 aromatic heterocycles. The monoisotopic (exact) mass is 228 g/mol. The average molecular weight is 228 g/mol. The molecule has 1 aliphatic rings. The van der Waals surface area contributed by atoms with Crippen molar-refractivity contribution in [2.24, 2.45) is 0 Å². The molecule has 0 aromatic carbocycles. The Hall–Kier alpha value is -0.970. The maximum absolute atomic E-state index is 11.9. The maximum Gasteiger partial charge on any atom is 0.246 e. The number of carbonyl (C=O) groups is 2. The minimum Gasteiger partial charge on any atom is -0.345 e. The van der Waals surface area contributed by atoms with E-state index in [1.165, 1.54) is 0 Å². The van der Waals surface area contributed by atoms with Gasteiger partial charge in [0.05, 0.1) is 5.88 Å². The Morgan fingerprint density at radius 3 is 2.93 bits per heavy atom. The zero-order valence-corrected chi connectivity index (χ0v) is 9.50. The van der Waals surface area contributed by atoms with Gasteiger partial charge in [-0.05, 0) is 19.3 Å². The van der Waals surface area contributed by atoms with Crippen LogP contribution >= 0.6 is 12.6 Å². The lowest BCUT2D eigenvalue weighted by Crippen LogP contribution is -2.54. The lowest BCUT2D eigenvalue weighted by Gasteiger charge is -2.33. The second-order valence-electron chi connectivity index (χ2n) is 3.59. The van der Waals surface area contributed by atoms with Crippen LogP contribution in [0.25, 0.3) is 0 Å². The Labute approximate surface area is 95.1 Å². The van der Waals surface area contributed by atoms with E-state index in [2.05, 4.69) is 24.5 Å². The summed E-state index contributed by atoms with van der Waals surface area (Å²) in [7, 11) is 0. The quantitative estimate of drug-likeness (QED) is 0.312. The van der Waals surface area contributed by atoms with E-state index in [1.54, 1.807) is 11.0 Å². The standard InChI is InChI=1S/C10H16N2O2S/c1-2-4-10(9(14)11-7-15)5-3-6-12(10)8-13/h2,8,15H,1,3-7H2,(H,11,14). The van der Waals surface area contributed by atoms with Crippen molar-refractivity contribution in [1.29, 1.82) is 0 Å². The molecule has 1 rings (SSSR count). The van der Waals surface area contributed by atoms with Gasteiger partial charge in [-0.15, -0.1) is 6.58 Å². The van der Waals surface area contributed by atoms with Crippen LogP contribution in [0, 0.1) is 0 Å². The molecule has 5 heteroatoms. The summed E-state index contributed by atoms with van der Waals surface area (Å²) in [5.74, 6) is 0.145. The van der Waals surface area contributed by atoms with Gasteiger partial charge in [-0.3, -0.25) is 9.59 Å². The fourth-order valence-electron chi connectivity index (χ4n) is 2.08. The minimum atomic E-state index is -0.730. The molecule has 0 saturated carbocycles. The van der Waals surface area contributed by atoms with Gasteiger partial charge in [0.1, 0.15) is 5.54 Å². The molecule has 1 unspecified atom stereocenters. The smallest absolute Gasteiger partial charge is 0.246 e. The third kappa shape index (κ3) is 2.17. The minimum absolute atomic E-state index is 0.137.